The van der Waals surface area contributed by atoms with Crippen molar-refractivity contribution in [1.82, 2.24) is 15.5 Å². The third-order valence-electron chi connectivity index (χ3n) is 5.84. The number of aliphatic hydroxyl groups excluding tert-OH is 1. The molecule has 2 aliphatic heterocycles. The topological polar surface area (TPSA) is 128 Å². The molecule has 1 aromatic carbocycles. The standard InChI is InChI=1S/C25H39N3O8/c1-25(2)35-18-22(36-25)17-34-23(30)8-5-19-3-6-21(7-4-19)33-16-20(15-29)26-9-10-27-24(31)28-11-13-32-14-12-28/h3-4,6-7,20,22,26,29H,5,8-18H2,1-2H3,(H,27,31)/t20?,22-/m1/s1. The van der Waals surface area contributed by atoms with Crippen LogP contribution in [0.15, 0.2) is 24.3 Å². The summed E-state index contributed by atoms with van der Waals surface area (Å²) >= 11 is 0. The van der Waals surface area contributed by atoms with Crippen LogP contribution in [0.3, 0.4) is 0 Å². The fraction of sp³-hybridized carbons (Fsp3) is 0.680. The molecule has 2 heterocycles. The van der Waals surface area contributed by atoms with E-state index < -0.39 is 5.79 Å². The second kappa shape index (κ2) is 14.3. The van der Waals surface area contributed by atoms with Crippen molar-refractivity contribution in [3.05, 3.63) is 29.8 Å². The lowest BCUT2D eigenvalue weighted by Crippen LogP contribution is -2.48. The molecule has 0 aliphatic carbocycles. The maximum absolute atomic E-state index is 12.1. The molecule has 0 saturated carbocycles. The van der Waals surface area contributed by atoms with Crippen LogP contribution in [0.4, 0.5) is 4.79 Å². The number of nitrogens with zero attached hydrogens (tertiary/aromatic N) is 1. The van der Waals surface area contributed by atoms with Crippen molar-refractivity contribution in [1.29, 1.82) is 0 Å². The lowest BCUT2D eigenvalue weighted by molar-refractivity contribution is -0.158. The van der Waals surface area contributed by atoms with Gasteiger partial charge in [0.15, 0.2) is 5.79 Å². The second-order valence-electron chi connectivity index (χ2n) is 9.25. The highest BCUT2D eigenvalue weighted by Crippen LogP contribution is 2.22. The summed E-state index contributed by atoms with van der Waals surface area (Å²) < 4.78 is 27.4. The SMILES string of the molecule is CC1(C)OC[C@@H](COC(=O)CCc2ccc(OCC(CO)NCCNC(=O)N3CCOCC3)cc2)O1. The van der Waals surface area contributed by atoms with Crippen LogP contribution in [0.1, 0.15) is 25.8 Å². The van der Waals surface area contributed by atoms with Gasteiger partial charge in [-0.2, -0.15) is 0 Å². The number of hydrogen-bond donors (Lipinski definition) is 3. The molecule has 1 unspecified atom stereocenters. The van der Waals surface area contributed by atoms with Crippen molar-refractivity contribution in [2.45, 2.75) is 44.6 Å². The van der Waals surface area contributed by atoms with E-state index in [1.54, 1.807) is 4.90 Å². The molecule has 11 nitrogen and oxygen atoms in total. The number of nitrogens with one attached hydrogen (secondary N) is 2. The second-order valence-corrected chi connectivity index (χ2v) is 9.25. The van der Waals surface area contributed by atoms with Crippen LogP contribution >= 0.6 is 0 Å². The molecule has 11 heteroatoms. The summed E-state index contributed by atoms with van der Waals surface area (Å²) in [5.74, 6) is -0.237. The van der Waals surface area contributed by atoms with Crippen molar-refractivity contribution < 1.29 is 38.4 Å². The third-order valence-corrected chi connectivity index (χ3v) is 5.84. The zero-order chi connectivity index (χ0) is 25.8. The third kappa shape index (κ3) is 9.90. The van der Waals surface area contributed by atoms with Gasteiger partial charge in [-0.3, -0.25) is 4.79 Å². The van der Waals surface area contributed by atoms with Crippen LogP contribution in [0, 0.1) is 0 Å². The van der Waals surface area contributed by atoms with E-state index in [4.69, 9.17) is 23.7 Å². The summed E-state index contributed by atoms with van der Waals surface area (Å²) in [6, 6.07) is 7.11. The molecule has 3 N–H and O–H groups in total. The van der Waals surface area contributed by atoms with Crippen LogP contribution in [-0.2, 0) is 30.2 Å². The number of morpholine rings is 1. The summed E-state index contributed by atoms with van der Waals surface area (Å²) in [5.41, 5.74) is 0.994. The first-order chi connectivity index (χ1) is 17.3. The highest BCUT2D eigenvalue weighted by molar-refractivity contribution is 5.74. The van der Waals surface area contributed by atoms with E-state index in [9.17, 15) is 14.7 Å². The number of urea groups is 1. The average molecular weight is 510 g/mol. The van der Waals surface area contributed by atoms with Crippen molar-refractivity contribution in [3.8, 4) is 5.75 Å². The average Bonchev–Trinajstić information content (AvgIpc) is 3.25. The first-order valence-corrected chi connectivity index (χ1v) is 12.5. The number of ether oxygens (including phenoxy) is 5. The van der Waals surface area contributed by atoms with Gasteiger partial charge >= 0.3 is 12.0 Å². The van der Waals surface area contributed by atoms with Gasteiger partial charge in [0.05, 0.1) is 32.5 Å². The molecule has 3 rings (SSSR count). The molecule has 0 radical (unpaired) electrons. The minimum Gasteiger partial charge on any atom is -0.492 e. The Balaban J connectivity index is 1.27. The van der Waals surface area contributed by atoms with Gasteiger partial charge in [-0.05, 0) is 38.0 Å². The Labute approximate surface area is 212 Å². The molecule has 0 bridgehead atoms. The minimum atomic E-state index is -0.630. The van der Waals surface area contributed by atoms with E-state index in [1.807, 2.05) is 38.1 Å². The monoisotopic (exact) mass is 509 g/mol. The summed E-state index contributed by atoms with van der Waals surface area (Å²) in [6.07, 6.45) is 0.603. The maximum Gasteiger partial charge on any atom is 0.317 e. The molecule has 0 aromatic heterocycles. The Hall–Kier alpha value is -2.44. The largest absolute Gasteiger partial charge is 0.492 e. The Morgan fingerprint density at radius 1 is 1.19 bits per heavy atom. The van der Waals surface area contributed by atoms with Crippen LogP contribution in [-0.4, -0.2) is 106 Å². The first kappa shape index (κ1) is 28.1. The molecular formula is C25H39N3O8. The van der Waals surface area contributed by atoms with Crippen LogP contribution in [0.5, 0.6) is 5.75 Å². The zero-order valence-electron chi connectivity index (χ0n) is 21.2. The van der Waals surface area contributed by atoms with Gasteiger partial charge < -0.3 is 44.3 Å². The molecule has 2 amide bonds. The first-order valence-electron chi connectivity index (χ1n) is 12.5. The van der Waals surface area contributed by atoms with E-state index in [2.05, 4.69) is 10.6 Å². The number of rotatable bonds is 13. The van der Waals surface area contributed by atoms with Crippen LogP contribution in [0.2, 0.25) is 0 Å². The highest BCUT2D eigenvalue weighted by atomic mass is 16.7. The molecule has 2 atom stereocenters. The highest BCUT2D eigenvalue weighted by Gasteiger charge is 2.33. The van der Waals surface area contributed by atoms with Gasteiger partial charge in [-0.25, -0.2) is 4.79 Å². The fourth-order valence-corrected chi connectivity index (χ4v) is 3.80. The van der Waals surface area contributed by atoms with Gasteiger partial charge in [0.2, 0.25) is 0 Å². The minimum absolute atomic E-state index is 0.0902. The normalized spacial score (nSPS) is 20.1. The van der Waals surface area contributed by atoms with E-state index in [0.717, 1.165) is 5.56 Å². The Bertz CT molecular complexity index is 814. The molecule has 0 spiro atoms. The fourth-order valence-electron chi connectivity index (χ4n) is 3.80. The van der Waals surface area contributed by atoms with Gasteiger partial charge in [0.25, 0.3) is 0 Å². The summed E-state index contributed by atoms with van der Waals surface area (Å²) in [7, 11) is 0. The van der Waals surface area contributed by atoms with Gasteiger partial charge in [-0.15, -0.1) is 0 Å². The van der Waals surface area contributed by atoms with E-state index in [-0.39, 0.29) is 50.4 Å². The Morgan fingerprint density at radius 2 is 1.94 bits per heavy atom. The summed E-state index contributed by atoms with van der Waals surface area (Å²) in [5, 5.41) is 15.6. The van der Waals surface area contributed by atoms with Crippen molar-refractivity contribution in [2.75, 3.05) is 65.8 Å². The summed E-state index contributed by atoms with van der Waals surface area (Å²) in [4.78, 5) is 25.8. The molecular weight excluding hydrogens is 470 g/mol. The number of hydrogen-bond acceptors (Lipinski definition) is 9. The molecule has 2 aliphatic rings. The zero-order valence-corrected chi connectivity index (χ0v) is 21.2. The predicted octanol–water partition coefficient (Wildman–Crippen LogP) is 0.685. The van der Waals surface area contributed by atoms with Crippen LogP contribution < -0.4 is 15.4 Å². The molecule has 1 aromatic rings. The molecule has 202 valence electrons. The quantitative estimate of drug-likeness (QED) is 0.260. The number of aryl methyl sites for hydroxylation is 1. The lowest BCUT2D eigenvalue weighted by Gasteiger charge is -2.27. The number of carbonyl (C=O) groups is 2. The summed E-state index contributed by atoms with van der Waals surface area (Å²) in [6.45, 7) is 7.74. The molecule has 2 saturated heterocycles. The van der Waals surface area contributed by atoms with Gasteiger partial charge in [0, 0.05) is 32.6 Å². The van der Waals surface area contributed by atoms with E-state index >= 15 is 0 Å². The van der Waals surface area contributed by atoms with Gasteiger partial charge in [0.1, 0.15) is 25.1 Å². The molecule has 2 fully saturated rings. The lowest BCUT2D eigenvalue weighted by atomic mass is 10.1. The number of esters is 1. The van der Waals surface area contributed by atoms with Crippen LogP contribution in [0.25, 0.3) is 0 Å². The van der Waals surface area contributed by atoms with E-state index in [0.29, 0.717) is 58.2 Å². The number of carbonyl (C=O) groups excluding carboxylic acids is 2. The van der Waals surface area contributed by atoms with E-state index in [1.165, 1.54) is 0 Å². The smallest absolute Gasteiger partial charge is 0.317 e. The number of benzene rings is 1. The van der Waals surface area contributed by atoms with Crippen molar-refractivity contribution in [3.63, 3.8) is 0 Å². The molecule has 36 heavy (non-hydrogen) atoms. The Kier molecular flexibility index (Phi) is 11.2. The number of amides is 2. The number of aliphatic hydroxyl groups is 1. The van der Waals surface area contributed by atoms with Gasteiger partial charge in [-0.1, -0.05) is 12.1 Å². The Morgan fingerprint density at radius 3 is 2.61 bits per heavy atom. The van der Waals surface area contributed by atoms with Crippen molar-refractivity contribution >= 4 is 12.0 Å². The maximum atomic E-state index is 12.1. The van der Waals surface area contributed by atoms with Crippen molar-refractivity contribution in [2.24, 2.45) is 0 Å². The predicted molar refractivity (Wildman–Crippen MR) is 131 cm³/mol.